The molecule has 0 saturated heterocycles. The normalized spacial score (nSPS) is 10.4. The number of carbonyl (C=O) groups is 1. The van der Waals surface area contributed by atoms with Gasteiger partial charge in [0.1, 0.15) is 6.33 Å². The van der Waals surface area contributed by atoms with Gasteiger partial charge in [0.05, 0.1) is 12.1 Å². The molecule has 0 aliphatic rings. The van der Waals surface area contributed by atoms with Gasteiger partial charge in [-0.3, -0.25) is 4.79 Å². The van der Waals surface area contributed by atoms with Crippen LogP contribution in [-0.4, -0.2) is 27.2 Å². The summed E-state index contributed by atoms with van der Waals surface area (Å²) in [4.78, 5) is 12.4. The second kappa shape index (κ2) is 6.88. The molecule has 1 amide bonds. The summed E-state index contributed by atoms with van der Waals surface area (Å²) in [6, 6.07) is 5.81. The van der Waals surface area contributed by atoms with Crippen LogP contribution in [0, 0.1) is 6.92 Å². The molecule has 2 N–H and O–H groups in total. The maximum Gasteiger partial charge on any atom is 0.253 e. The predicted octanol–water partition coefficient (Wildman–Crippen LogP) is 1.97. The van der Waals surface area contributed by atoms with Crippen LogP contribution < -0.4 is 10.6 Å². The summed E-state index contributed by atoms with van der Waals surface area (Å²) >= 11 is 0. The SMILES string of the molecule is CCNc1ccc(C)cc1C(=O)NCc1nncn1CC. The molecular weight excluding hydrogens is 266 g/mol. The number of hydrogen-bond donors (Lipinski definition) is 2. The van der Waals surface area contributed by atoms with Gasteiger partial charge in [-0.25, -0.2) is 0 Å². The highest BCUT2D eigenvalue weighted by molar-refractivity contribution is 5.99. The topological polar surface area (TPSA) is 71.8 Å². The number of anilines is 1. The summed E-state index contributed by atoms with van der Waals surface area (Å²) in [6.45, 7) is 7.91. The third kappa shape index (κ3) is 3.59. The van der Waals surface area contributed by atoms with Gasteiger partial charge in [-0.1, -0.05) is 11.6 Å². The van der Waals surface area contributed by atoms with Crippen molar-refractivity contribution in [3.63, 3.8) is 0 Å². The van der Waals surface area contributed by atoms with E-state index in [2.05, 4.69) is 20.8 Å². The zero-order chi connectivity index (χ0) is 15.2. The smallest absolute Gasteiger partial charge is 0.253 e. The third-order valence-corrected chi connectivity index (χ3v) is 3.23. The van der Waals surface area contributed by atoms with E-state index in [4.69, 9.17) is 0 Å². The Morgan fingerprint density at radius 2 is 2.14 bits per heavy atom. The minimum absolute atomic E-state index is 0.111. The average molecular weight is 287 g/mol. The van der Waals surface area contributed by atoms with Crippen molar-refractivity contribution in [2.24, 2.45) is 0 Å². The van der Waals surface area contributed by atoms with Gasteiger partial charge in [-0.15, -0.1) is 10.2 Å². The molecule has 0 saturated carbocycles. The number of benzene rings is 1. The summed E-state index contributed by atoms with van der Waals surface area (Å²) < 4.78 is 1.90. The lowest BCUT2D eigenvalue weighted by molar-refractivity contribution is 0.0950. The fraction of sp³-hybridized carbons (Fsp3) is 0.400. The van der Waals surface area contributed by atoms with E-state index in [1.807, 2.05) is 43.5 Å². The fourth-order valence-electron chi connectivity index (χ4n) is 2.13. The van der Waals surface area contributed by atoms with Crippen molar-refractivity contribution in [3.05, 3.63) is 41.5 Å². The van der Waals surface area contributed by atoms with Crippen LogP contribution in [0.2, 0.25) is 0 Å². The molecule has 6 nitrogen and oxygen atoms in total. The van der Waals surface area contributed by atoms with Crippen molar-refractivity contribution in [1.82, 2.24) is 20.1 Å². The van der Waals surface area contributed by atoms with Crippen molar-refractivity contribution < 1.29 is 4.79 Å². The minimum atomic E-state index is -0.111. The molecule has 0 radical (unpaired) electrons. The van der Waals surface area contributed by atoms with Crippen molar-refractivity contribution in [2.75, 3.05) is 11.9 Å². The maximum absolute atomic E-state index is 12.4. The Hall–Kier alpha value is -2.37. The molecule has 6 heteroatoms. The molecule has 112 valence electrons. The summed E-state index contributed by atoms with van der Waals surface area (Å²) in [5, 5.41) is 14.0. The van der Waals surface area contributed by atoms with Crippen molar-refractivity contribution >= 4 is 11.6 Å². The first-order valence-electron chi connectivity index (χ1n) is 7.15. The molecular formula is C15H21N5O. The van der Waals surface area contributed by atoms with Crippen molar-refractivity contribution in [1.29, 1.82) is 0 Å². The molecule has 21 heavy (non-hydrogen) atoms. The lowest BCUT2D eigenvalue weighted by Crippen LogP contribution is -2.25. The summed E-state index contributed by atoms with van der Waals surface area (Å²) in [6.07, 6.45) is 1.66. The van der Waals surface area contributed by atoms with Gasteiger partial charge < -0.3 is 15.2 Å². The van der Waals surface area contributed by atoms with Crippen LogP contribution in [0.5, 0.6) is 0 Å². The highest BCUT2D eigenvalue weighted by Gasteiger charge is 2.12. The van der Waals surface area contributed by atoms with Gasteiger partial charge in [0.15, 0.2) is 5.82 Å². The Kier molecular flexibility index (Phi) is 4.92. The average Bonchev–Trinajstić information content (AvgIpc) is 2.94. The molecule has 1 heterocycles. The number of carbonyl (C=O) groups excluding carboxylic acids is 1. The van der Waals surface area contributed by atoms with Gasteiger partial charge in [0.25, 0.3) is 5.91 Å². The van der Waals surface area contributed by atoms with Gasteiger partial charge in [-0.2, -0.15) is 0 Å². The first-order chi connectivity index (χ1) is 10.2. The number of nitrogens with one attached hydrogen (secondary N) is 2. The number of nitrogens with zero attached hydrogens (tertiary/aromatic N) is 3. The fourth-order valence-corrected chi connectivity index (χ4v) is 2.13. The van der Waals surface area contributed by atoms with Gasteiger partial charge in [0, 0.05) is 18.8 Å². The zero-order valence-electron chi connectivity index (χ0n) is 12.7. The molecule has 0 spiro atoms. The Morgan fingerprint density at radius 1 is 1.33 bits per heavy atom. The summed E-state index contributed by atoms with van der Waals surface area (Å²) in [5.41, 5.74) is 2.55. The molecule has 0 unspecified atom stereocenters. The van der Waals surface area contributed by atoms with E-state index in [1.165, 1.54) is 0 Å². The van der Waals surface area contributed by atoms with Gasteiger partial charge >= 0.3 is 0 Å². The predicted molar refractivity (Wildman–Crippen MR) is 82.2 cm³/mol. The van der Waals surface area contributed by atoms with Crippen LogP contribution in [0.4, 0.5) is 5.69 Å². The van der Waals surface area contributed by atoms with E-state index in [-0.39, 0.29) is 5.91 Å². The first-order valence-corrected chi connectivity index (χ1v) is 7.15. The van der Waals surface area contributed by atoms with Crippen LogP contribution >= 0.6 is 0 Å². The zero-order valence-corrected chi connectivity index (χ0v) is 12.7. The minimum Gasteiger partial charge on any atom is -0.385 e. The van der Waals surface area contributed by atoms with E-state index in [1.54, 1.807) is 6.33 Å². The summed E-state index contributed by atoms with van der Waals surface area (Å²) in [5.74, 6) is 0.642. The molecule has 0 fully saturated rings. The van der Waals surface area contributed by atoms with Gasteiger partial charge in [-0.05, 0) is 32.9 Å². The number of rotatable bonds is 6. The highest BCUT2D eigenvalue weighted by Crippen LogP contribution is 2.17. The standard InChI is InChI=1S/C15H21N5O/c1-4-16-13-7-6-11(3)8-12(13)15(21)17-9-14-19-18-10-20(14)5-2/h6-8,10,16H,4-5,9H2,1-3H3,(H,17,21). The van der Waals surface area contributed by atoms with E-state index in [0.717, 1.165) is 30.2 Å². The van der Waals surface area contributed by atoms with Crippen LogP contribution in [0.1, 0.15) is 35.6 Å². The van der Waals surface area contributed by atoms with Crippen molar-refractivity contribution in [2.45, 2.75) is 33.9 Å². The Balaban J connectivity index is 2.11. The van der Waals surface area contributed by atoms with Gasteiger partial charge in [0.2, 0.25) is 0 Å². The molecule has 0 aliphatic heterocycles. The third-order valence-electron chi connectivity index (χ3n) is 3.23. The lowest BCUT2D eigenvalue weighted by Gasteiger charge is -2.12. The second-order valence-corrected chi connectivity index (χ2v) is 4.80. The molecule has 1 aromatic carbocycles. The van der Waals surface area contributed by atoms with Crippen LogP contribution in [0.15, 0.2) is 24.5 Å². The number of hydrogen-bond acceptors (Lipinski definition) is 4. The van der Waals surface area contributed by atoms with Crippen LogP contribution in [0.3, 0.4) is 0 Å². The van der Waals surface area contributed by atoms with Crippen LogP contribution in [0.25, 0.3) is 0 Å². The monoisotopic (exact) mass is 287 g/mol. The summed E-state index contributed by atoms with van der Waals surface area (Å²) in [7, 11) is 0. The first kappa shape index (κ1) is 15.0. The Labute approximate surface area is 124 Å². The van der Waals surface area contributed by atoms with Crippen molar-refractivity contribution in [3.8, 4) is 0 Å². The molecule has 2 rings (SSSR count). The Bertz CT molecular complexity index is 620. The quantitative estimate of drug-likeness (QED) is 0.852. The highest BCUT2D eigenvalue weighted by atomic mass is 16.1. The second-order valence-electron chi connectivity index (χ2n) is 4.80. The molecule has 0 aliphatic carbocycles. The van der Waals surface area contributed by atoms with E-state index < -0.39 is 0 Å². The maximum atomic E-state index is 12.4. The number of aromatic nitrogens is 3. The number of aryl methyl sites for hydroxylation is 2. The number of amides is 1. The molecule has 1 aromatic heterocycles. The largest absolute Gasteiger partial charge is 0.385 e. The van der Waals surface area contributed by atoms with Crippen LogP contribution in [-0.2, 0) is 13.1 Å². The van der Waals surface area contributed by atoms with E-state index in [9.17, 15) is 4.79 Å². The molecule has 2 aromatic rings. The Morgan fingerprint density at radius 3 is 2.86 bits per heavy atom. The van der Waals surface area contributed by atoms with E-state index >= 15 is 0 Å². The molecule has 0 atom stereocenters. The molecule has 0 bridgehead atoms. The van der Waals surface area contributed by atoms with E-state index in [0.29, 0.717) is 12.1 Å². The lowest BCUT2D eigenvalue weighted by atomic mass is 10.1.